The maximum absolute atomic E-state index is 11.5. The van der Waals surface area contributed by atoms with E-state index in [1.54, 1.807) is 30.3 Å². The van der Waals surface area contributed by atoms with E-state index in [2.05, 4.69) is 0 Å². The molecule has 0 aliphatic rings. The monoisotopic (exact) mass is 317 g/mol. The number of nitrogens with zero attached hydrogens (tertiary/aromatic N) is 2. The Bertz CT molecular complexity index is 759. The highest BCUT2D eigenvalue weighted by molar-refractivity contribution is 5.72. The number of nitro benzene ring substituents is 2. The number of hydrogen-bond donors (Lipinski definition) is 2. The lowest BCUT2D eigenvalue weighted by Gasteiger charge is -2.12. The standard InChI is InChI=1S/C15H15N3O5/c1-9(19)11-8-13(16)15(18(22)23)12(14(11)17(20)21)7-10-5-3-2-4-6-10/h2-6,8-9,19H,7,16H2,1H3. The Balaban J connectivity index is 2.77. The molecule has 1 unspecified atom stereocenters. The summed E-state index contributed by atoms with van der Waals surface area (Å²) in [6.45, 7) is 1.35. The number of aliphatic hydroxyl groups excluding tert-OH is 1. The SMILES string of the molecule is CC(O)c1cc(N)c([N+](=O)[O-])c(Cc2ccccc2)c1[N+](=O)[O-]. The molecule has 2 aromatic carbocycles. The third-order valence-electron chi connectivity index (χ3n) is 3.47. The molecular weight excluding hydrogens is 302 g/mol. The van der Waals surface area contributed by atoms with E-state index in [0.717, 1.165) is 6.07 Å². The zero-order chi connectivity index (χ0) is 17.1. The molecule has 3 N–H and O–H groups in total. The third-order valence-corrected chi connectivity index (χ3v) is 3.47. The van der Waals surface area contributed by atoms with Crippen LogP contribution in [0.15, 0.2) is 36.4 Å². The van der Waals surface area contributed by atoms with E-state index < -0.39 is 27.3 Å². The fraction of sp³-hybridized carbons (Fsp3) is 0.200. The third kappa shape index (κ3) is 3.27. The van der Waals surface area contributed by atoms with Gasteiger partial charge < -0.3 is 10.8 Å². The van der Waals surface area contributed by atoms with Gasteiger partial charge in [-0.2, -0.15) is 0 Å². The van der Waals surface area contributed by atoms with Crippen molar-refractivity contribution in [3.63, 3.8) is 0 Å². The fourth-order valence-corrected chi connectivity index (χ4v) is 2.48. The van der Waals surface area contributed by atoms with E-state index in [1.807, 2.05) is 0 Å². The summed E-state index contributed by atoms with van der Waals surface area (Å²) in [5, 5.41) is 32.6. The van der Waals surface area contributed by atoms with Crippen molar-refractivity contribution < 1.29 is 15.0 Å². The molecule has 0 aliphatic carbocycles. The Labute approximate surface area is 131 Å². The maximum Gasteiger partial charge on any atom is 0.302 e. The zero-order valence-corrected chi connectivity index (χ0v) is 12.3. The Hall–Kier alpha value is -3.00. The molecule has 2 aromatic rings. The Morgan fingerprint density at radius 2 is 1.70 bits per heavy atom. The van der Waals surface area contributed by atoms with Crippen LogP contribution in [0.5, 0.6) is 0 Å². The van der Waals surface area contributed by atoms with Crippen LogP contribution in [0.25, 0.3) is 0 Å². The first-order valence-corrected chi connectivity index (χ1v) is 6.79. The first-order chi connectivity index (χ1) is 10.8. The smallest absolute Gasteiger partial charge is 0.302 e. The second-order valence-electron chi connectivity index (χ2n) is 5.08. The van der Waals surface area contributed by atoms with Crippen LogP contribution in [0, 0.1) is 20.2 Å². The number of nitro groups is 2. The molecule has 0 amide bonds. The summed E-state index contributed by atoms with van der Waals surface area (Å²) in [7, 11) is 0. The number of aliphatic hydroxyl groups is 1. The molecular formula is C15H15N3O5. The fourth-order valence-electron chi connectivity index (χ4n) is 2.48. The van der Waals surface area contributed by atoms with Crippen molar-refractivity contribution in [2.75, 3.05) is 5.73 Å². The van der Waals surface area contributed by atoms with Gasteiger partial charge in [-0.3, -0.25) is 20.2 Å². The van der Waals surface area contributed by atoms with Gasteiger partial charge in [0.25, 0.3) is 5.69 Å². The van der Waals surface area contributed by atoms with Crippen LogP contribution in [0.1, 0.15) is 29.7 Å². The lowest BCUT2D eigenvalue weighted by atomic mass is 9.95. The van der Waals surface area contributed by atoms with Crippen molar-refractivity contribution in [3.05, 3.63) is 73.3 Å². The molecule has 1 atom stereocenters. The van der Waals surface area contributed by atoms with Gasteiger partial charge >= 0.3 is 5.69 Å². The van der Waals surface area contributed by atoms with Gasteiger partial charge in [-0.15, -0.1) is 0 Å². The lowest BCUT2D eigenvalue weighted by Crippen LogP contribution is -2.10. The van der Waals surface area contributed by atoms with Crippen LogP contribution < -0.4 is 5.73 Å². The average Bonchev–Trinajstić information content (AvgIpc) is 2.46. The molecule has 8 heteroatoms. The number of hydrogen-bond acceptors (Lipinski definition) is 6. The zero-order valence-electron chi connectivity index (χ0n) is 12.3. The van der Waals surface area contributed by atoms with Gasteiger partial charge in [-0.05, 0) is 18.6 Å². The largest absolute Gasteiger partial charge is 0.393 e. The van der Waals surface area contributed by atoms with E-state index in [1.165, 1.54) is 6.92 Å². The molecule has 0 aliphatic heterocycles. The predicted molar refractivity (Wildman–Crippen MR) is 84.0 cm³/mol. The summed E-state index contributed by atoms with van der Waals surface area (Å²) in [4.78, 5) is 21.3. The van der Waals surface area contributed by atoms with Crippen LogP contribution in [0.4, 0.5) is 17.1 Å². The van der Waals surface area contributed by atoms with Crippen LogP contribution >= 0.6 is 0 Å². The minimum Gasteiger partial charge on any atom is -0.393 e. The molecule has 0 heterocycles. The van der Waals surface area contributed by atoms with Gasteiger partial charge in [0, 0.05) is 6.42 Å². The number of nitrogen functional groups attached to an aromatic ring is 1. The molecule has 0 radical (unpaired) electrons. The van der Waals surface area contributed by atoms with E-state index in [0.29, 0.717) is 5.56 Å². The molecule has 2 rings (SSSR count). The first kappa shape index (κ1) is 16.4. The Kier molecular flexibility index (Phi) is 4.56. The summed E-state index contributed by atoms with van der Waals surface area (Å²) < 4.78 is 0. The maximum atomic E-state index is 11.5. The van der Waals surface area contributed by atoms with Crippen molar-refractivity contribution >= 4 is 17.1 Å². The van der Waals surface area contributed by atoms with Crippen molar-refractivity contribution in [1.29, 1.82) is 0 Å². The van der Waals surface area contributed by atoms with Crippen LogP contribution in [0.2, 0.25) is 0 Å². The highest BCUT2D eigenvalue weighted by Gasteiger charge is 2.33. The molecule has 0 spiro atoms. The van der Waals surface area contributed by atoms with Crippen LogP contribution in [0.3, 0.4) is 0 Å². The number of rotatable bonds is 5. The summed E-state index contributed by atoms with van der Waals surface area (Å²) in [5.74, 6) is 0. The van der Waals surface area contributed by atoms with E-state index >= 15 is 0 Å². The van der Waals surface area contributed by atoms with Crippen LogP contribution in [-0.2, 0) is 6.42 Å². The molecule has 8 nitrogen and oxygen atoms in total. The van der Waals surface area contributed by atoms with Gasteiger partial charge in [0.1, 0.15) is 11.3 Å². The van der Waals surface area contributed by atoms with Gasteiger partial charge in [-0.1, -0.05) is 30.3 Å². The molecule has 0 saturated carbocycles. The second kappa shape index (κ2) is 6.41. The topological polar surface area (TPSA) is 133 Å². The first-order valence-electron chi connectivity index (χ1n) is 6.79. The van der Waals surface area contributed by atoms with Crippen molar-refractivity contribution in [2.45, 2.75) is 19.4 Å². The number of nitrogens with two attached hydrogens (primary N) is 1. The van der Waals surface area contributed by atoms with Gasteiger partial charge in [0.05, 0.1) is 21.5 Å². The quantitative estimate of drug-likeness (QED) is 0.495. The van der Waals surface area contributed by atoms with Crippen molar-refractivity contribution in [3.8, 4) is 0 Å². The minimum atomic E-state index is -1.17. The van der Waals surface area contributed by atoms with E-state index in [4.69, 9.17) is 5.73 Å². The normalized spacial score (nSPS) is 11.9. The number of benzene rings is 2. The molecule has 0 saturated heterocycles. The highest BCUT2D eigenvalue weighted by Crippen LogP contribution is 2.40. The summed E-state index contributed by atoms with van der Waals surface area (Å²) in [6, 6.07) is 9.74. The minimum absolute atomic E-state index is 0.0295. The summed E-state index contributed by atoms with van der Waals surface area (Å²) in [6.07, 6.45) is -1.20. The van der Waals surface area contributed by atoms with Gasteiger partial charge in [0.15, 0.2) is 0 Å². The van der Waals surface area contributed by atoms with Crippen LogP contribution in [-0.4, -0.2) is 15.0 Å². The number of anilines is 1. The summed E-state index contributed by atoms with van der Waals surface area (Å²) >= 11 is 0. The Morgan fingerprint density at radius 1 is 1.13 bits per heavy atom. The summed E-state index contributed by atoms with van der Waals surface area (Å²) in [5.41, 5.74) is 5.06. The van der Waals surface area contributed by atoms with Gasteiger partial charge in [0.2, 0.25) is 0 Å². The molecule has 0 aromatic heterocycles. The predicted octanol–water partition coefficient (Wildman–Crippen LogP) is 2.73. The lowest BCUT2D eigenvalue weighted by molar-refractivity contribution is -0.395. The Morgan fingerprint density at radius 3 is 2.17 bits per heavy atom. The molecule has 120 valence electrons. The van der Waals surface area contributed by atoms with E-state index in [9.17, 15) is 25.3 Å². The van der Waals surface area contributed by atoms with Gasteiger partial charge in [-0.25, -0.2) is 0 Å². The van der Waals surface area contributed by atoms with Crippen molar-refractivity contribution in [1.82, 2.24) is 0 Å². The molecule has 23 heavy (non-hydrogen) atoms. The van der Waals surface area contributed by atoms with Crippen molar-refractivity contribution in [2.24, 2.45) is 0 Å². The average molecular weight is 317 g/mol. The molecule has 0 fully saturated rings. The highest BCUT2D eigenvalue weighted by atomic mass is 16.6. The van der Waals surface area contributed by atoms with E-state index in [-0.39, 0.29) is 23.2 Å². The molecule has 0 bridgehead atoms. The second-order valence-corrected chi connectivity index (χ2v) is 5.08.